The number of ketones is 1. The zero-order valence-corrected chi connectivity index (χ0v) is 14.5. The van der Waals surface area contributed by atoms with Gasteiger partial charge in [0.15, 0.2) is 23.9 Å². The highest BCUT2D eigenvalue weighted by Gasteiger charge is 2.14. The Balaban J connectivity index is 2.00. The third-order valence-corrected chi connectivity index (χ3v) is 4.11. The van der Waals surface area contributed by atoms with E-state index in [9.17, 15) is 9.59 Å². The minimum atomic E-state index is -0.531. The molecular weight excluding hydrogens is 328 g/mol. The predicted molar refractivity (Wildman–Crippen MR) is 92.4 cm³/mol. The standard InChI is InChI=1S/C18H18O5S/c1-21-16-9-6-13(10-17(16)22-2)15(19)11-23-18(20)12-4-7-14(24-3)8-5-12/h4-10H,11H2,1-3H3. The number of hydrogen-bond acceptors (Lipinski definition) is 6. The van der Waals surface area contributed by atoms with Crippen LogP contribution in [0.4, 0.5) is 0 Å². The largest absolute Gasteiger partial charge is 0.493 e. The van der Waals surface area contributed by atoms with Gasteiger partial charge in [0.25, 0.3) is 0 Å². The zero-order valence-electron chi connectivity index (χ0n) is 13.7. The van der Waals surface area contributed by atoms with Crippen LogP contribution < -0.4 is 9.47 Å². The second-order valence-electron chi connectivity index (χ2n) is 4.80. The molecule has 0 radical (unpaired) electrons. The van der Waals surface area contributed by atoms with Crippen molar-refractivity contribution < 1.29 is 23.8 Å². The van der Waals surface area contributed by atoms with Crippen LogP contribution in [0.1, 0.15) is 20.7 Å². The van der Waals surface area contributed by atoms with E-state index in [1.807, 2.05) is 18.4 Å². The molecule has 126 valence electrons. The molecule has 0 amide bonds. The topological polar surface area (TPSA) is 61.8 Å². The zero-order chi connectivity index (χ0) is 17.5. The van der Waals surface area contributed by atoms with Gasteiger partial charge in [0.1, 0.15) is 0 Å². The van der Waals surface area contributed by atoms with E-state index in [-0.39, 0.29) is 12.4 Å². The molecule has 6 heteroatoms. The lowest BCUT2D eigenvalue weighted by atomic mass is 10.1. The van der Waals surface area contributed by atoms with Gasteiger partial charge in [-0.05, 0) is 48.7 Å². The monoisotopic (exact) mass is 346 g/mol. The number of ether oxygens (including phenoxy) is 3. The van der Waals surface area contributed by atoms with E-state index in [1.54, 1.807) is 42.1 Å². The number of carbonyl (C=O) groups is 2. The van der Waals surface area contributed by atoms with Crippen LogP contribution in [-0.4, -0.2) is 38.8 Å². The van der Waals surface area contributed by atoms with Crippen molar-refractivity contribution in [1.29, 1.82) is 0 Å². The number of thioether (sulfide) groups is 1. The molecule has 0 aliphatic carbocycles. The molecule has 2 rings (SSSR count). The van der Waals surface area contributed by atoms with Gasteiger partial charge in [0, 0.05) is 10.5 Å². The molecule has 0 spiro atoms. The molecule has 0 saturated heterocycles. The third kappa shape index (κ3) is 4.29. The van der Waals surface area contributed by atoms with Gasteiger partial charge in [0.05, 0.1) is 19.8 Å². The van der Waals surface area contributed by atoms with Crippen LogP contribution in [0.15, 0.2) is 47.4 Å². The fraction of sp³-hybridized carbons (Fsp3) is 0.222. The highest BCUT2D eigenvalue weighted by atomic mass is 32.2. The van der Waals surface area contributed by atoms with Crippen molar-refractivity contribution in [3.8, 4) is 11.5 Å². The van der Waals surface area contributed by atoms with Crippen LogP contribution in [-0.2, 0) is 4.74 Å². The second-order valence-corrected chi connectivity index (χ2v) is 5.68. The summed E-state index contributed by atoms with van der Waals surface area (Å²) in [5.41, 5.74) is 0.797. The Labute approximate surface area is 144 Å². The Morgan fingerprint density at radius 2 is 1.54 bits per heavy atom. The Morgan fingerprint density at radius 3 is 2.12 bits per heavy atom. The highest BCUT2D eigenvalue weighted by Crippen LogP contribution is 2.27. The third-order valence-electron chi connectivity index (χ3n) is 3.37. The van der Waals surface area contributed by atoms with E-state index >= 15 is 0 Å². The molecule has 0 bridgehead atoms. The van der Waals surface area contributed by atoms with Crippen LogP contribution >= 0.6 is 11.8 Å². The van der Waals surface area contributed by atoms with Crippen molar-refractivity contribution in [2.45, 2.75) is 4.90 Å². The van der Waals surface area contributed by atoms with E-state index in [2.05, 4.69) is 0 Å². The van der Waals surface area contributed by atoms with Crippen molar-refractivity contribution >= 4 is 23.5 Å². The SMILES string of the molecule is COc1ccc(C(=O)COC(=O)c2ccc(SC)cc2)cc1OC. The molecule has 2 aromatic rings. The molecule has 0 fully saturated rings. The first-order chi connectivity index (χ1) is 11.6. The van der Waals surface area contributed by atoms with Gasteiger partial charge in [-0.15, -0.1) is 11.8 Å². The quantitative estimate of drug-likeness (QED) is 0.435. The smallest absolute Gasteiger partial charge is 0.338 e. The summed E-state index contributed by atoms with van der Waals surface area (Å²) in [4.78, 5) is 25.2. The summed E-state index contributed by atoms with van der Waals surface area (Å²) < 4.78 is 15.4. The molecular formula is C18H18O5S. The first-order valence-electron chi connectivity index (χ1n) is 7.15. The van der Waals surface area contributed by atoms with Gasteiger partial charge in [-0.3, -0.25) is 4.79 Å². The van der Waals surface area contributed by atoms with Crippen LogP contribution in [0, 0.1) is 0 Å². The maximum Gasteiger partial charge on any atom is 0.338 e. The minimum absolute atomic E-state index is 0.315. The molecule has 0 aliphatic rings. The molecule has 0 N–H and O–H groups in total. The molecule has 0 aromatic heterocycles. The van der Waals surface area contributed by atoms with Crippen molar-refractivity contribution in [2.24, 2.45) is 0 Å². The summed E-state index contributed by atoms with van der Waals surface area (Å²) in [6, 6.07) is 11.8. The van der Waals surface area contributed by atoms with Crippen molar-refractivity contribution in [3.63, 3.8) is 0 Å². The number of carbonyl (C=O) groups excluding carboxylic acids is 2. The van der Waals surface area contributed by atoms with Gasteiger partial charge < -0.3 is 14.2 Å². The summed E-state index contributed by atoms with van der Waals surface area (Å²) in [6.07, 6.45) is 1.95. The lowest BCUT2D eigenvalue weighted by Crippen LogP contribution is -2.14. The number of hydrogen-bond donors (Lipinski definition) is 0. The number of Topliss-reactive ketones (excluding diaryl/α,β-unsaturated/α-hetero) is 1. The number of esters is 1. The van der Waals surface area contributed by atoms with E-state index in [0.717, 1.165) is 4.90 Å². The van der Waals surface area contributed by atoms with E-state index in [0.29, 0.717) is 22.6 Å². The maximum atomic E-state index is 12.2. The summed E-state index contributed by atoms with van der Waals surface area (Å²) >= 11 is 1.58. The van der Waals surface area contributed by atoms with Crippen molar-refractivity contribution in [1.82, 2.24) is 0 Å². The first-order valence-corrected chi connectivity index (χ1v) is 8.38. The van der Waals surface area contributed by atoms with Gasteiger partial charge in [-0.1, -0.05) is 0 Å². The Hall–Kier alpha value is -2.47. The molecule has 0 atom stereocenters. The normalized spacial score (nSPS) is 10.1. The molecule has 24 heavy (non-hydrogen) atoms. The van der Waals surface area contributed by atoms with Gasteiger partial charge in [-0.2, -0.15) is 0 Å². The summed E-state index contributed by atoms with van der Waals surface area (Å²) in [6.45, 7) is -0.335. The highest BCUT2D eigenvalue weighted by molar-refractivity contribution is 7.98. The molecule has 2 aromatic carbocycles. The summed E-state index contributed by atoms with van der Waals surface area (Å²) in [7, 11) is 3.01. The molecule has 0 unspecified atom stereocenters. The average molecular weight is 346 g/mol. The molecule has 0 heterocycles. The Bertz CT molecular complexity index is 725. The van der Waals surface area contributed by atoms with Gasteiger partial charge in [-0.25, -0.2) is 4.79 Å². The number of rotatable bonds is 7. The first kappa shape index (κ1) is 17.9. The Kier molecular flexibility index (Phi) is 6.26. The van der Waals surface area contributed by atoms with Crippen LogP contribution in [0.2, 0.25) is 0 Å². The van der Waals surface area contributed by atoms with Gasteiger partial charge >= 0.3 is 5.97 Å². The van der Waals surface area contributed by atoms with Crippen molar-refractivity contribution in [2.75, 3.05) is 27.1 Å². The average Bonchev–Trinajstić information content (AvgIpc) is 2.65. The number of methoxy groups -OCH3 is 2. The fourth-order valence-electron chi connectivity index (χ4n) is 2.03. The Morgan fingerprint density at radius 1 is 0.917 bits per heavy atom. The van der Waals surface area contributed by atoms with Crippen molar-refractivity contribution in [3.05, 3.63) is 53.6 Å². The van der Waals surface area contributed by atoms with E-state index in [4.69, 9.17) is 14.2 Å². The lowest BCUT2D eigenvalue weighted by Gasteiger charge is -2.09. The van der Waals surface area contributed by atoms with E-state index in [1.165, 1.54) is 14.2 Å². The van der Waals surface area contributed by atoms with E-state index < -0.39 is 5.97 Å². The molecule has 0 saturated carbocycles. The molecule has 5 nitrogen and oxygen atoms in total. The van der Waals surface area contributed by atoms with Gasteiger partial charge in [0.2, 0.25) is 0 Å². The second kappa shape index (κ2) is 8.40. The predicted octanol–water partition coefficient (Wildman–Crippen LogP) is 3.47. The van der Waals surface area contributed by atoms with Crippen LogP contribution in [0.3, 0.4) is 0 Å². The summed E-state index contributed by atoms with van der Waals surface area (Å²) in [5, 5.41) is 0. The lowest BCUT2D eigenvalue weighted by molar-refractivity contribution is 0.0474. The maximum absolute atomic E-state index is 12.2. The number of benzene rings is 2. The molecule has 0 aliphatic heterocycles. The summed E-state index contributed by atoms with van der Waals surface area (Å²) in [5.74, 6) is 0.128. The fourth-order valence-corrected chi connectivity index (χ4v) is 2.44. The van der Waals surface area contributed by atoms with Crippen LogP contribution in [0.5, 0.6) is 11.5 Å². The minimum Gasteiger partial charge on any atom is -0.493 e. The van der Waals surface area contributed by atoms with Crippen LogP contribution in [0.25, 0.3) is 0 Å².